The Morgan fingerprint density at radius 1 is 1.39 bits per heavy atom. The summed E-state index contributed by atoms with van der Waals surface area (Å²) in [4.78, 5) is 14.6. The van der Waals surface area contributed by atoms with Gasteiger partial charge in [0.1, 0.15) is 11.6 Å². The summed E-state index contributed by atoms with van der Waals surface area (Å²) < 4.78 is 18.5. The summed E-state index contributed by atoms with van der Waals surface area (Å²) in [5.74, 6) is -1.67. The summed E-state index contributed by atoms with van der Waals surface area (Å²) in [5.41, 5.74) is 5.07. The van der Waals surface area contributed by atoms with Crippen LogP contribution < -0.4 is 10.5 Å². The lowest BCUT2D eigenvalue weighted by atomic mass is 10.3. The number of hydrogen-bond acceptors (Lipinski definition) is 4. The molecule has 1 heterocycles. The van der Waals surface area contributed by atoms with Crippen molar-refractivity contribution >= 4 is 11.7 Å². The van der Waals surface area contributed by atoms with Crippen molar-refractivity contribution in [3.63, 3.8) is 0 Å². The first-order valence-corrected chi connectivity index (χ1v) is 4.99. The molecule has 2 rings (SSSR count). The molecule has 0 amide bonds. The molecule has 0 aliphatic carbocycles. The fourth-order valence-electron chi connectivity index (χ4n) is 1.33. The molecule has 0 radical (unpaired) electrons. The van der Waals surface area contributed by atoms with E-state index in [9.17, 15) is 9.18 Å². The molecule has 0 saturated carbocycles. The molecule has 3 N–H and O–H groups in total. The number of aromatic nitrogens is 1. The zero-order chi connectivity index (χ0) is 13.1. The Bertz CT molecular complexity index is 602. The van der Waals surface area contributed by atoms with Crippen LogP contribution in [0.2, 0.25) is 0 Å². The zero-order valence-electron chi connectivity index (χ0n) is 9.13. The third-order valence-electron chi connectivity index (χ3n) is 2.17. The predicted molar refractivity (Wildman–Crippen MR) is 62.1 cm³/mol. The number of nitrogens with two attached hydrogens (primary N) is 1. The van der Waals surface area contributed by atoms with E-state index in [4.69, 9.17) is 15.6 Å². The van der Waals surface area contributed by atoms with Crippen LogP contribution in [-0.4, -0.2) is 16.1 Å². The van der Waals surface area contributed by atoms with Crippen LogP contribution in [0.5, 0.6) is 11.5 Å². The van der Waals surface area contributed by atoms with Gasteiger partial charge < -0.3 is 15.6 Å². The van der Waals surface area contributed by atoms with Crippen LogP contribution in [0.1, 0.15) is 10.5 Å². The third kappa shape index (κ3) is 2.37. The minimum atomic E-state index is -1.22. The van der Waals surface area contributed by atoms with E-state index in [1.165, 1.54) is 30.5 Å². The minimum absolute atomic E-state index is 0.00741. The van der Waals surface area contributed by atoms with Gasteiger partial charge in [-0.1, -0.05) is 0 Å². The largest absolute Gasteiger partial charge is 0.476 e. The van der Waals surface area contributed by atoms with Gasteiger partial charge in [-0.25, -0.2) is 14.2 Å². The molecule has 6 heteroatoms. The first-order chi connectivity index (χ1) is 8.58. The number of hydrogen-bond donors (Lipinski definition) is 2. The number of pyridine rings is 1. The number of anilines is 1. The van der Waals surface area contributed by atoms with E-state index < -0.39 is 11.8 Å². The molecule has 2 aromatic rings. The summed E-state index contributed by atoms with van der Waals surface area (Å²) in [6.45, 7) is 0. The Balaban J connectivity index is 2.34. The maximum atomic E-state index is 13.2. The Morgan fingerprint density at radius 3 is 2.83 bits per heavy atom. The Morgan fingerprint density at radius 2 is 2.17 bits per heavy atom. The Hall–Kier alpha value is -2.63. The second kappa shape index (κ2) is 4.70. The van der Waals surface area contributed by atoms with E-state index in [-0.39, 0.29) is 22.9 Å². The number of benzene rings is 1. The number of nitrogens with zero attached hydrogens (tertiary/aromatic N) is 1. The average Bonchev–Trinajstić information content (AvgIpc) is 2.34. The maximum Gasteiger partial charge on any atom is 0.358 e. The van der Waals surface area contributed by atoms with E-state index in [0.717, 1.165) is 6.07 Å². The molecule has 0 fully saturated rings. The molecular weight excluding hydrogens is 239 g/mol. The standard InChI is InChI=1S/C12H9FN2O3/c13-8-6-7(3-4-9(8)14)18-10-2-1-5-15-11(10)12(16)17/h1-6H,14H2,(H,16,17). The van der Waals surface area contributed by atoms with Gasteiger partial charge in [0.15, 0.2) is 11.4 Å². The molecule has 0 saturated heterocycles. The fourth-order valence-corrected chi connectivity index (χ4v) is 1.33. The number of carboxylic acid groups (broad SMARTS) is 1. The van der Waals surface area contributed by atoms with Crippen molar-refractivity contribution in [1.29, 1.82) is 0 Å². The van der Waals surface area contributed by atoms with Gasteiger partial charge in [0.05, 0.1) is 5.69 Å². The van der Waals surface area contributed by atoms with Crippen molar-refractivity contribution in [1.82, 2.24) is 4.98 Å². The van der Waals surface area contributed by atoms with E-state index >= 15 is 0 Å². The van der Waals surface area contributed by atoms with E-state index in [1.807, 2.05) is 0 Å². The van der Waals surface area contributed by atoms with Crippen molar-refractivity contribution in [2.45, 2.75) is 0 Å². The number of halogens is 1. The van der Waals surface area contributed by atoms with Crippen LogP contribution in [0.4, 0.5) is 10.1 Å². The summed E-state index contributed by atoms with van der Waals surface area (Å²) in [5, 5.41) is 8.91. The molecule has 5 nitrogen and oxygen atoms in total. The highest BCUT2D eigenvalue weighted by Crippen LogP contribution is 2.26. The maximum absolute atomic E-state index is 13.2. The predicted octanol–water partition coefficient (Wildman–Crippen LogP) is 2.29. The molecule has 0 aliphatic rings. The van der Waals surface area contributed by atoms with Crippen LogP contribution >= 0.6 is 0 Å². The second-order valence-corrected chi connectivity index (χ2v) is 3.44. The molecular formula is C12H9FN2O3. The molecule has 92 valence electrons. The lowest BCUT2D eigenvalue weighted by Crippen LogP contribution is -2.03. The molecule has 1 aromatic heterocycles. The summed E-state index contributed by atoms with van der Waals surface area (Å²) >= 11 is 0. The minimum Gasteiger partial charge on any atom is -0.476 e. The Kier molecular flexibility index (Phi) is 3.09. The summed E-state index contributed by atoms with van der Waals surface area (Å²) in [6.07, 6.45) is 1.33. The van der Waals surface area contributed by atoms with Crippen LogP contribution in [-0.2, 0) is 0 Å². The molecule has 18 heavy (non-hydrogen) atoms. The van der Waals surface area contributed by atoms with E-state index in [0.29, 0.717) is 0 Å². The number of carbonyl (C=O) groups is 1. The van der Waals surface area contributed by atoms with Crippen molar-refractivity contribution < 1.29 is 19.0 Å². The van der Waals surface area contributed by atoms with Crippen molar-refractivity contribution in [2.75, 3.05) is 5.73 Å². The Labute approximate surface area is 102 Å². The molecule has 0 spiro atoms. The number of nitrogen functional groups attached to an aromatic ring is 1. The summed E-state index contributed by atoms with van der Waals surface area (Å²) in [6, 6.07) is 6.81. The van der Waals surface area contributed by atoms with Gasteiger partial charge in [-0.05, 0) is 24.3 Å². The van der Waals surface area contributed by atoms with Crippen LogP contribution in [0.15, 0.2) is 36.5 Å². The van der Waals surface area contributed by atoms with Crippen molar-refractivity contribution in [3.05, 3.63) is 48.0 Å². The number of rotatable bonds is 3. The normalized spacial score (nSPS) is 10.1. The lowest BCUT2D eigenvalue weighted by molar-refractivity contribution is 0.0687. The van der Waals surface area contributed by atoms with Gasteiger partial charge in [0, 0.05) is 12.3 Å². The smallest absolute Gasteiger partial charge is 0.358 e. The van der Waals surface area contributed by atoms with E-state index in [2.05, 4.69) is 4.98 Å². The highest BCUT2D eigenvalue weighted by atomic mass is 19.1. The topological polar surface area (TPSA) is 85.4 Å². The van der Waals surface area contributed by atoms with E-state index in [1.54, 1.807) is 0 Å². The molecule has 0 atom stereocenters. The van der Waals surface area contributed by atoms with Crippen LogP contribution in [0.3, 0.4) is 0 Å². The first-order valence-electron chi connectivity index (χ1n) is 4.99. The van der Waals surface area contributed by atoms with Gasteiger partial charge >= 0.3 is 5.97 Å². The molecule has 0 aliphatic heterocycles. The number of carboxylic acids is 1. The molecule has 0 bridgehead atoms. The van der Waals surface area contributed by atoms with Gasteiger partial charge in [-0.3, -0.25) is 0 Å². The van der Waals surface area contributed by atoms with Gasteiger partial charge in [-0.15, -0.1) is 0 Å². The molecule has 0 unspecified atom stereocenters. The average molecular weight is 248 g/mol. The third-order valence-corrected chi connectivity index (χ3v) is 2.17. The second-order valence-electron chi connectivity index (χ2n) is 3.44. The highest BCUT2D eigenvalue weighted by Gasteiger charge is 2.13. The zero-order valence-corrected chi connectivity index (χ0v) is 9.13. The van der Waals surface area contributed by atoms with Crippen molar-refractivity contribution in [2.24, 2.45) is 0 Å². The van der Waals surface area contributed by atoms with Crippen LogP contribution in [0.25, 0.3) is 0 Å². The monoisotopic (exact) mass is 248 g/mol. The van der Waals surface area contributed by atoms with Crippen molar-refractivity contribution in [3.8, 4) is 11.5 Å². The highest BCUT2D eigenvalue weighted by molar-refractivity contribution is 5.88. The fraction of sp³-hybridized carbons (Fsp3) is 0. The molecule has 1 aromatic carbocycles. The lowest BCUT2D eigenvalue weighted by Gasteiger charge is -2.08. The quantitative estimate of drug-likeness (QED) is 0.814. The summed E-state index contributed by atoms with van der Waals surface area (Å²) in [7, 11) is 0. The SMILES string of the molecule is Nc1ccc(Oc2cccnc2C(=O)O)cc1F. The first kappa shape index (κ1) is 11.8. The van der Waals surface area contributed by atoms with Crippen LogP contribution in [0, 0.1) is 5.82 Å². The number of aromatic carboxylic acids is 1. The van der Waals surface area contributed by atoms with Gasteiger partial charge in [0.2, 0.25) is 0 Å². The van der Waals surface area contributed by atoms with Gasteiger partial charge in [-0.2, -0.15) is 0 Å². The number of ether oxygens (including phenoxy) is 1. The van der Waals surface area contributed by atoms with Gasteiger partial charge in [0.25, 0.3) is 0 Å².